The fraction of sp³-hybridized carbons (Fsp3) is 0.167. The van der Waals surface area contributed by atoms with Crippen LogP contribution in [0, 0.1) is 18.3 Å². The Balaban J connectivity index is 2.87. The molecule has 2 nitrogen and oxygen atoms in total. The van der Waals surface area contributed by atoms with E-state index >= 15 is 0 Å². The van der Waals surface area contributed by atoms with Crippen molar-refractivity contribution in [3.05, 3.63) is 41.0 Å². The molecule has 0 aromatic heterocycles. The number of nitrogens with zero attached hydrogens (tertiary/aromatic N) is 1. The van der Waals surface area contributed by atoms with Crippen molar-refractivity contribution >= 4 is 12.4 Å². The monoisotopic (exact) mass is 185 g/mol. The van der Waals surface area contributed by atoms with Crippen LogP contribution in [0.15, 0.2) is 24.3 Å². The van der Waals surface area contributed by atoms with E-state index in [4.69, 9.17) is 5.26 Å². The molecule has 1 aromatic rings. The van der Waals surface area contributed by atoms with Gasteiger partial charge in [-0.15, -0.1) is 0 Å². The van der Waals surface area contributed by atoms with Crippen LogP contribution in [-0.4, -0.2) is 6.29 Å². The Morgan fingerprint density at radius 2 is 2.29 bits per heavy atom. The second-order valence-corrected chi connectivity index (χ2v) is 3.00. The van der Waals surface area contributed by atoms with Crippen LogP contribution in [0.25, 0.3) is 6.08 Å². The standard InChI is InChI=1S/C12H11NO/c1-10-8-11(4-2-3-7-13)5-6-12(10)9-14/h2,4-6,8-9H,3H2,1H3. The van der Waals surface area contributed by atoms with E-state index in [0.717, 1.165) is 17.4 Å². The topological polar surface area (TPSA) is 40.9 Å². The lowest BCUT2D eigenvalue weighted by Gasteiger charge is -1.99. The van der Waals surface area contributed by atoms with Crippen LogP contribution in [0.2, 0.25) is 0 Å². The van der Waals surface area contributed by atoms with Gasteiger partial charge in [0.05, 0.1) is 12.5 Å². The number of hydrogen-bond donors (Lipinski definition) is 0. The van der Waals surface area contributed by atoms with Crippen LogP contribution in [0.4, 0.5) is 0 Å². The molecular weight excluding hydrogens is 174 g/mol. The Hall–Kier alpha value is -1.88. The summed E-state index contributed by atoms with van der Waals surface area (Å²) >= 11 is 0. The normalized spacial score (nSPS) is 10.0. The van der Waals surface area contributed by atoms with Crippen molar-refractivity contribution in [3.8, 4) is 6.07 Å². The molecule has 0 unspecified atom stereocenters. The van der Waals surface area contributed by atoms with E-state index in [2.05, 4.69) is 0 Å². The van der Waals surface area contributed by atoms with Crippen molar-refractivity contribution in [1.29, 1.82) is 5.26 Å². The maximum atomic E-state index is 10.5. The molecule has 70 valence electrons. The van der Waals surface area contributed by atoms with Crippen LogP contribution in [-0.2, 0) is 0 Å². The molecule has 0 saturated heterocycles. The summed E-state index contributed by atoms with van der Waals surface area (Å²) in [7, 11) is 0. The highest BCUT2D eigenvalue weighted by molar-refractivity contribution is 5.77. The minimum absolute atomic E-state index is 0.411. The largest absolute Gasteiger partial charge is 0.298 e. The van der Waals surface area contributed by atoms with Gasteiger partial charge in [-0.2, -0.15) is 5.26 Å². The summed E-state index contributed by atoms with van der Waals surface area (Å²) in [5.41, 5.74) is 2.69. The number of nitriles is 1. The zero-order valence-corrected chi connectivity index (χ0v) is 8.03. The van der Waals surface area contributed by atoms with Gasteiger partial charge in [0.25, 0.3) is 0 Å². The Kier molecular flexibility index (Phi) is 3.63. The lowest BCUT2D eigenvalue weighted by atomic mass is 10.1. The average molecular weight is 185 g/mol. The van der Waals surface area contributed by atoms with E-state index in [-0.39, 0.29) is 0 Å². The number of carbonyl (C=O) groups is 1. The van der Waals surface area contributed by atoms with Gasteiger partial charge in [-0.25, -0.2) is 0 Å². The molecule has 0 bridgehead atoms. The van der Waals surface area contributed by atoms with Gasteiger partial charge in [-0.1, -0.05) is 30.4 Å². The van der Waals surface area contributed by atoms with Gasteiger partial charge >= 0.3 is 0 Å². The predicted octanol–water partition coefficient (Wildman–Crippen LogP) is 2.73. The molecule has 0 radical (unpaired) electrons. The van der Waals surface area contributed by atoms with E-state index in [0.29, 0.717) is 12.0 Å². The second kappa shape index (κ2) is 4.98. The van der Waals surface area contributed by atoms with E-state index < -0.39 is 0 Å². The molecule has 0 aliphatic rings. The SMILES string of the molecule is Cc1cc(C=CCC#N)ccc1C=O. The first-order valence-corrected chi connectivity index (χ1v) is 4.37. The molecule has 0 N–H and O–H groups in total. The quantitative estimate of drug-likeness (QED) is 0.679. The molecule has 0 aliphatic heterocycles. The van der Waals surface area contributed by atoms with Crippen LogP contribution in [0.5, 0.6) is 0 Å². The fourth-order valence-electron chi connectivity index (χ4n) is 1.18. The minimum Gasteiger partial charge on any atom is -0.298 e. The predicted molar refractivity (Wildman–Crippen MR) is 55.8 cm³/mol. The number of aryl methyl sites for hydroxylation is 1. The highest BCUT2D eigenvalue weighted by Gasteiger charge is 1.95. The summed E-state index contributed by atoms with van der Waals surface area (Å²) in [6, 6.07) is 7.61. The number of benzene rings is 1. The number of rotatable bonds is 3. The molecule has 0 aliphatic carbocycles. The summed E-state index contributed by atoms with van der Waals surface area (Å²) in [5.74, 6) is 0. The molecule has 0 atom stereocenters. The Morgan fingerprint density at radius 3 is 2.86 bits per heavy atom. The Labute approximate surface area is 83.5 Å². The van der Waals surface area contributed by atoms with Gasteiger partial charge in [0.15, 0.2) is 0 Å². The number of allylic oxidation sites excluding steroid dienone is 1. The molecule has 2 heteroatoms. The van der Waals surface area contributed by atoms with E-state index in [9.17, 15) is 4.79 Å². The zero-order valence-electron chi connectivity index (χ0n) is 8.03. The Morgan fingerprint density at radius 1 is 1.50 bits per heavy atom. The van der Waals surface area contributed by atoms with Gasteiger partial charge in [-0.05, 0) is 18.1 Å². The molecule has 0 fully saturated rings. The third kappa shape index (κ3) is 2.56. The first-order chi connectivity index (χ1) is 6.77. The summed E-state index contributed by atoms with van der Waals surface area (Å²) in [5, 5.41) is 8.33. The summed E-state index contributed by atoms with van der Waals surface area (Å²) in [6.45, 7) is 1.89. The molecule has 0 heterocycles. The number of aldehydes is 1. The van der Waals surface area contributed by atoms with Crippen LogP contribution in [0.3, 0.4) is 0 Å². The smallest absolute Gasteiger partial charge is 0.150 e. The summed E-state index contributed by atoms with van der Waals surface area (Å²) < 4.78 is 0. The Bertz CT molecular complexity index is 399. The summed E-state index contributed by atoms with van der Waals surface area (Å²) in [6.07, 6.45) is 4.94. The summed E-state index contributed by atoms with van der Waals surface area (Å²) in [4.78, 5) is 10.5. The van der Waals surface area contributed by atoms with Crippen molar-refractivity contribution in [1.82, 2.24) is 0 Å². The molecule has 0 amide bonds. The highest BCUT2D eigenvalue weighted by Crippen LogP contribution is 2.10. The van der Waals surface area contributed by atoms with Gasteiger partial charge in [0.2, 0.25) is 0 Å². The van der Waals surface area contributed by atoms with Gasteiger partial charge < -0.3 is 0 Å². The van der Waals surface area contributed by atoms with Crippen LogP contribution < -0.4 is 0 Å². The first kappa shape index (κ1) is 10.2. The molecule has 0 spiro atoms. The highest BCUT2D eigenvalue weighted by atomic mass is 16.1. The van der Waals surface area contributed by atoms with Gasteiger partial charge in [-0.3, -0.25) is 4.79 Å². The molecule has 14 heavy (non-hydrogen) atoms. The lowest BCUT2D eigenvalue weighted by Crippen LogP contribution is -1.86. The van der Waals surface area contributed by atoms with E-state index in [1.54, 1.807) is 12.1 Å². The van der Waals surface area contributed by atoms with E-state index in [1.165, 1.54) is 0 Å². The molecular formula is C12H11NO. The second-order valence-electron chi connectivity index (χ2n) is 3.00. The van der Waals surface area contributed by atoms with Crippen molar-refractivity contribution in [2.24, 2.45) is 0 Å². The van der Waals surface area contributed by atoms with Crippen molar-refractivity contribution in [3.63, 3.8) is 0 Å². The number of carbonyl (C=O) groups excluding carboxylic acids is 1. The molecule has 1 rings (SSSR count). The van der Waals surface area contributed by atoms with E-state index in [1.807, 2.05) is 31.2 Å². The minimum atomic E-state index is 0.411. The maximum absolute atomic E-state index is 10.5. The zero-order chi connectivity index (χ0) is 10.4. The first-order valence-electron chi connectivity index (χ1n) is 4.37. The van der Waals surface area contributed by atoms with Crippen molar-refractivity contribution in [2.45, 2.75) is 13.3 Å². The van der Waals surface area contributed by atoms with Crippen LogP contribution >= 0.6 is 0 Å². The molecule has 0 saturated carbocycles. The maximum Gasteiger partial charge on any atom is 0.150 e. The average Bonchev–Trinajstić information content (AvgIpc) is 2.18. The third-order valence-corrected chi connectivity index (χ3v) is 1.94. The van der Waals surface area contributed by atoms with Gasteiger partial charge in [0.1, 0.15) is 6.29 Å². The lowest BCUT2D eigenvalue weighted by molar-refractivity contribution is 0.112. The van der Waals surface area contributed by atoms with Crippen LogP contribution in [0.1, 0.15) is 27.9 Å². The van der Waals surface area contributed by atoms with Gasteiger partial charge in [0, 0.05) is 5.56 Å². The van der Waals surface area contributed by atoms with Crippen molar-refractivity contribution in [2.75, 3.05) is 0 Å². The van der Waals surface area contributed by atoms with Crippen molar-refractivity contribution < 1.29 is 4.79 Å². The number of hydrogen-bond acceptors (Lipinski definition) is 2. The molecule has 1 aromatic carbocycles. The fourth-order valence-corrected chi connectivity index (χ4v) is 1.18. The third-order valence-electron chi connectivity index (χ3n) is 1.94.